The van der Waals surface area contributed by atoms with Gasteiger partial charge in [-0.25, -0.2) is 4.79 Å². The molecule has 0 spiro atoms. The lowest BCUT2D eigenvalue weighted by Crippen LogP contribution is -2.35. The SMILES string of the molecule is C[C@@H]1C[C@H](OC(=O)C(O)c2cccs2)CC(C)(C)C1. The van der Waals surface area contributed by atoms with Crippen LogP contribution in [0.1, 0.15) is 51.0 Å². The van der Waals surface area contributed by atoms with Gasteiger partial charge in [0.05, 0.1) is 0 Å². The maximum absolute atomic E-state index is 12.0. The van der Waals surface area contributed by atoms with Crippen molar-refractivity contribution in [2.45, 2.75) is 52.2 Å². The zero-order valence-electron chi connectivity index (χ0n) is 11.8. The van der Waals surface area contributed by atoms with Gasteiger partial charge in [-0.3, -0.25) is 0 Å². The van der Waals surface area contributed by atoms with Crippen molar-refractivity contribution in [3.05, 3.63) is 22.4 Å². The van der Waals surface area contributed by atoms with Gasteiger partial charge < -0.3 is 9.84 Å². The molecule has 3 atom stereocenters. The van der Waals surface area contributed by atoms with E-state index >= 15 is 0 Å². The Balaban J connectivity index is 1.95. The molecule has 0 aromatic carbocycles. The molecule has 4 heteroatoms. The van der Waals surface area contributed by atoms with Gasteiger partial charge in [-0.05, 0) is 42.0 Å². The second-order valence-corrected chi connectivity index (χ2v) is 7.37. The van der Waals surface area contributed by atoms with Crippen LogP contribution in [0.15, 0.2) is 17.5 Å². The molecule has 19 heavy (non-hydrogen) atoms. The van der Waals surface area contributed by atoms with Crippen molar-refractivity contribution < 1.29 is 14.6 Å². The summed E-state index contributed by atoms with van der Waals surface area (Å²) in [4.78, 5) is 12.6. The number of carbonyl (C=O) groups is 1. The quantitative estimate of drug-likeness (QED) is 0.863. The Morgan fingerprint density at radius 3 is 2.84 bits per heavy atom. The van der Waals surface area contributed by atoms with E-state index in [1.165, 1.54) is 11.3 Å². The lowest BCUT2D eigenvalue weighted by molar-refractivity contribution is -0.163. The fourth-order valence-electron chi connectivity index (χ4n) is 3.14. The van der Waals surface area contributed by atoms with Crippen LogP contribution in [0.3, 0.4) is 0 Å². The standard InChI is InChI=1S/C15H22O3S/c1-10-7-11(9-15(2,3)8-10)18-14(17)13(16)12-5-4-6-19-12/h4-6,10-11,13,16H,7-9H2,1-3H3/t10-,11+,13?/m1/s1. The molecule has 1 aromatic heterocycles. The molecule has 2 rings (SSSR count). The Morgan fingerprint density at radius 2 is 2.26 bits per heavy atom. The summed E-state index contributed by atoms with van der Waals surface area (Å²) in [5.41, 5.74) is 0.205. The number of rotatable bonds is 3. The summed E-state index contributed by atoms with van der Waals surface area (Å²) in [5, 5.41) is 11.8. The third-order valence-electron chi connectivity index (χ3n) is 3.67. The maximum Gasteiger partial charge on any atom is 0.340 e. The van der Waals surface area contributed by atoms with Crippen molar-refractivity contribution in [2.75, 3.05) is 0 Å². The molecule has 106 valence electrons. The second kappa shape index (κ2) is 5.63. The van der Waals surface area contributed by atoms with Crippen LogP contribution in [0.25, 0.3) is 0 Å². The van der Waals surface area contributed by atoms with E-state index in [0.717, 1.165) is 19.3 Å². The Labute approximate surface area is 118 Å². The summed E-state index contributed by atoms with van der Waals surface area (Å²) < 4.78 is 5.50. The molecule has 0 amide bonds. The zero-order valence-corrected chi connectivity index (χ0v) is 12.6. The van der Waals surface area contributed by atoms with Gasteiger partial charge >= 0.3 is 5.97 Å². The van der Waals surface area contributed by atoms with Crippen molar-refractivity contribution in [3.63, 3.8) is 0 Å². The molecule has 0 bridgehead atoms. The highest BCUT2D eigenvalue weighted by Gasteiger charge is 2.35. The van der Waals surface area contributed by atoms with Crippen LogP contribution in [0.2, 0.25) is 0 Å². The molecule has 1 aliphatic carbocycles. The van der Waals surface area contributed by atoms with Crippen LogP contribution < -0.4 is 0 Å². The minimum Gasteiger partial charge on any atom is -0.460 e. The Hall–Kier alpha value is -0.870. The van der Waals surface area contributed by atoms with Gasteiger partial charge in [-0.2, -0.15) is 0 Å². The third kappa shape index (κ3) is 3.80. The Bertz CT molecular complexity index is 425. The number of hydrogen-bond donors (Lipinski definition) is 1. The molecule has 0 saturated heterocycles. The highest BCUT2D eigenvalue weighted by molar-refractivity contribution is 7.10. The molecule has 1 fully saturated rings. The van der Waals surface area contributed by atoms with Gasteiger partial charge in [0, 0.05) is 4.88 Å². The topological polar surface area (TPSA) is 46.5 Å². The van der Waals surface area contributed by atoms with E-state index in [2.05, 4.69) is 20.8 Å². The summed E-state index contributed by atoms with van der Waals surface area (Å²) in [6.07, 6.45) is 1.72. The molecule has 1 aromatic rings. The van der Waals surface area contributed by atoms with E-state index in [-0.39, 0.29) is 11.5 Å². The average molecular weight is 282 g/mol. The molecule has 1 heterocycles. The molecule has 0 radical (unpaired) electrons. The number of hydrogen-bond acceptors (Lipinski definition) is 4. The highest BCUT2D eigenvalue weighted by atomic mass is 32.1. The van der Waals surface area contributed by atoms with Gasteiger partial charge in [0.2, 0.25) is 0 Å². The number of aliphatic hydroxyl groups excluding tert-OH is 1. The van der Waals surface area contributed by atoms with Crippen LogP contribution >= 0.6 is 11.3 Å². The lowest BCUT2D eigenvalue weighted by Gasteiger charge is -2.38. The zero-order chi connectivity index (χ0) is 14.0. The highest BCUT2D eigenvalue weighted by Crippen LogP contribution is 2.40. The van der Waals surface area contributed by atoms with Gasteiger partial charge in [-0.1, -0.05) is 26.8 Å². The third-order valence-corrected chi connectivity index (χ3v) is 4.59. The minimum absolute atomic E-state index is 0.0686. The number of thiophene rings is 1. The number of ether oxygens (including phenoxy) is 1. The van der Waals surface area contributed by atoms with Crippen LogP contribution in [-0.2, 0) is 9.53 Å². The van der Waals surface area contributed by atoms with E-state index in [0.29, 0.717) is 10.8 Å². The molecule has 1 N–H and O–H groups in total. The molecular formula is C15H22O3S. The number of carbonyl (C=O) groups excluding carboxylic acids is 1. The van der Waals surface area contributed by atoms with E-state index < -0.39 is 12.1 Å². The van der Waals surface area contributed by atoms with Gasteiger partial charge in [0.15, 0.2) is 6.10 Å². The van der Waals surface area contributed by atoms with Crippen molar-refractivity contribution in [1.82, 2.24) is 0 Å². The maximum atomic E-state index is 12.0. The van der Waals surface area contributed by atoms with Crippen LogP contribution in [0.5, 0.6) is 0 Å². The van der Waals surface area contributed by atoms with Crippen molar-refractivity contribution in [3.8, 4) is 0 Å². The predicted molar refractivity (Wildman–Crippen MR) is 76.0 cm³/mol. The number of aliphatic hydroxyl groups is 1. The fourth-order valence-corrected chi connectivity index (χ4v) is 3.84. The van der Waals surface area contributed by atoms with Gasteiger partial charge in [0.1, 0.15) is 6.10 Å². The lowest BCUT2D eigenvalue weighted by atomic mass is 9.71. The van der Waals surface area contributed by atoms with Crippen LogP contribution in [0, 0.1) is 11.3 Å². The summed E-state index contributed by atoms with van der Waals surface area (Å²) in [6, 6.07) is 3.58. The smallest absolute Gasteiger partial charge is 0.340 e. The predicted octanol–water partition coefficient (Wildman–Crippen LogP) is 3.54. The fraction of sp³-hybridized carbons (Fsp3) is 0.667. The van der Waals surface area contributed by atoms with Crippen LogP contribution in [0.4, 0.5) is 0 Å². The molecule has 3 nitrogen and oxygen atoms in total. The first-order chi connectivity index (χ1) is 8.87. The molecule has 1 saturated carbocycles. The van der Waals surface area contributed by atoms with Crippen molar-refractivity contribution in [1.29, 1.82) is 0 Å². The van der Waals surface area contributed by atoms with E-state index in [9.17, 15) is 9.90 Å². The second-order valence-electron chi connectivity index (χ2n) is 6.39. The minimum atomic E-state index is -1.14. The first-order valence-corrected chi connectivity index (χ1v) is 7.67. The van der Waals surface area contributed by atoms with Gasteiger partial charge in [-0.15, -0.1) is 11.3 Å². The molecule has 0 aliphatic heterocycles. The Morgan fingerprint density at radius 1 is 1.53 bits per heavy atom. The first kappa shape index (κ1) is 14.5. The average Bonchev–Trinajstić information content (AvgIpc) is 2.78. The monoisotopic (exact) mass is 282 g/mol. The Kier molecular flexibility index (Phi) is 4.31. The largest absolute Gasteiger partial charge is 0.460 e. The summed E-state index contributed by atoms with van der Waals surface area (Å²) in [6.45, 7) is 6.61. The van der Waals surface area contributed by atoms with Crippen LogP contribution in [-0.4, -0.2) is 17.2 Å². The van der Waals surface area contributed by atoms with E-state index in [4.69, 9.17) is 4.74 Å². The first-order valence-electron chi connectivity index (χ1n) is 6.79. The van der Waals surface area contributed by atoms with Crippen molar-refractivity contribution in [2.24, 2.45) is 11.3 Å². The van der Waals surface area contributed by atoms with E-state index in [1.54, 1.807) is 6.07 Å². The summed E-state index contributed by atoms with van der Waals surface area (Å²) in [5.74, 6) is 0.0396. The normalized spacial score (nSPS) is 27.8. The summed E-state index contributed by atoms with van der Waals surface area (Å²) >= 11 is 1.37. The summed E-state index contributed by atoms with van der Waals surface area (Å²) in [7, 11) is 0. The molecule has 1 aliphatic rings. The van der Waals surface area contributed by atoms with Crippen molar-refractivity contribution >= 4 is 17.3 Å². The van der Waals surface area contributed by atoms with E-state index in [1.807, 2.05) is 11.4 Å². The molecular weight excluding hydrogens is 260 g/mol. The van der Waals surface area contributed by atoms with Gasteiger partial charge in [0.25, 0.3) is 0 Å². The molecule has 1 unspecified atom stereocenters. The number of esters is 1.